The number of hydrogen-bond acceptors (Lipinski definition) is 6. The number of aliphatic hydroxyl groups excluding tert-OH is 1. The Morgan fingerprint density at radius 3 is 3.10 bits per heavy atom. The number of thiophene rings is 1. The van der Waals surface area contributed by atoms with E-state index in [1.54, 1.807) is 15.9 Å². The molecule has 0 saturated heterocycles. The van der Waals surface area contributed by atoms with Crippen LogP contribution in [-0.4, -0.2) is 32.1 Å². The first-order chi connectivity index (χ1) is 9.94. The van der Waals surface area contributed by atoms with Gasteiger partial charge < -0.3 is 9.84 Å². The van der Waals surface area contributed by atoms with Crippen molar-refractivity contribution < 1.29 is 9.84 Å². The summed E-state index contributed by atoms with van der Waals surface area (Å²) in [7, 11) is 0. The molecule has 112 valence electrons. The maximum atomic E-state index is 12.8. The quantitative estimate of drug-likeness (QED) is 0.748. The minimum absolute atomic E-state index is 0.0172. The van der Waals surface area contributed by atoms with E-state index in [1.165, 1.54) is 11.8 Å². The highest BCUT2D eigenvalue weighted by atomic mass is 32.2. The van der Waals surface area contributed by atoms with Crippen LogP contribution in [0.1, 0.15) is 24.3 Å². The van der Waals surface area contributed by atoms with Crippen LogP contribution in [0.3, 0.4) is 0 Å². The van der Waals surface area contributed by atoms with Gasteiger partial charge in [-0.25, -0.2) is 4.98 Å². The first-order valence-corrected chi connectivity index (χ1v) is 8.75. The molecule has 2 aromatic heterocycles. The summed E-state index contributed by atoms with van der Waals surface area (Å²) in [5, 5.41) is 11.2. The predicted molar refractivity (Wildman–Crippen MR) is 83.2 cm³/mol. The Kier molecular flexibility index (Phi) is 2.98. The topological polar surface area (TPSA) is 64.4 Å². The van der Waals surface area contributed by atoms with E-state index in [4.69, 9.17) is 4.74 Å². The molecule has 0 aromatic carbocycles. The molecule has 1 atom stereocenters. The predicted octanol–water partition coefficient (Wildman–Crippen LogP) is 1.78. The van der Waals surface area contributed by atoms with Crippen LogP contribution in [0.4, 0.5) is 0 Å². The molecule has 5 nitrogen and oxygen atoms in total. The average Bonchev–Trinajstić information content (AvgIpc) is 2.76. The van der Waals surface area contributed by atoms with Crippen LogP contribution >= 0.6 is 23.1 Å². The van der Waals surface area contributed by atoms with Gasteiger partial charge in [-0.1, -0.05) is 11.8 Å². The second-order valence-electron chi connectivity index (χ2n) is 6.18. The number of ether oxygens (including phenoxy) is 1. The fourth-order valence-corrected chi connectivity index (χ4v) is 4.98. The van der Waals surface area contributed by atoms with Crippen LogP contribution < -0.4 is 5.56 Å². The summed E-state index contributed by atoms with van der Waals surface area (Å²) in [5.74, 6) is 0.596. The lowest BCUT2D eigenvalue weighted by atomic mass is 9.94. The Balaban J connectivity index is 1.98. The van der Waals surface area contributed by atoms with Gasteiger partial charge in [0.05, 0.1) is 30.2 Å². The molecule has 2 aliphatic heterocycles. The summed E-state index contributed by atoms with van der Waals surface area (Å²) < 4.78 is 7.45. The zero-order valence-corrected chi connectivity index (χ0v) is 13.5. The molecule has 0 radical (unpaired) electrons. The van der Waals surface area contributed by atoms with Gasteiger partial charge in [0.1, 0.15) is 4.83 Å². The third-order valence-electron chi connectivity index (χ3n) is 3.95. The lowest BCUT2D eigenvalue weighted by Crippen LogP contribution is -2.35. The molecule has 4 rings (SSSR count). The molecule has 4 heterocycles. The van der Waals surface area contributed by atoms with Gasteiger partial charge in [-0.2, -0.15) is 0 Å². The van der Waals surface area contributed by atoms with Crippen molar-refractivity contribution in [3.05, 3.63) is 20.8 Å². The van der Waals surface area contributed by atoms with E-state index in [2.05, 4.69) is 4.98 Å². The van der Waals surface area contributed by atoms with Crippen molar-refractivity contribution in [2.75, 3.05) is 5.75 Å². The highest BCUT2D eigenvalue weighted by Gasteiger charge is 2.32. The summed E-state index contributed by atoms with van der Waals surface area (Å²) >= 11 is 3.01. The minimum Gasteiger partial charge on any atom is -0.390 e. The lowest BCUT2D eigenvalue weighted by molar-refractivity contribution is -0.0379. The summed E-state index contributed by atoms with van der Waals surface area (Å²) in [6, 6.07) is 0. The first-order valence-electron chi connectivity index (χ1n) is 6.94. The zero-order valence-electron chi connectivity index (χ0n) is 11.9. The average molecular weight is 324 g/mol. The molecule has 0 amide bonds. The maximum Gasteiger partial charge on any atom is 0.263 e. The van der Waals surface area contributed by atoms with Crippen molar-refractivity contribution in [3.8, 4) is 0 Å². The molecule has 0 aliphatic carbocycles. The lowest BCUT2D eigenvalue weighted by Gasteiger charge is -2.30. The maximum absolute atomic E-state index is 12.8. The van der Waals surface area contributed by atoms with Crippen molar-refractivity contribution in [2.45, 2.75) is 50.3 Å². The summed E-state index contributed by atoms with van der Waals surface area (Å²) in [5.41, 5.74) is 0.822. The van der Waals surface area contributed by atoms with Crippen LogP contribution in [0, 0.1) is 0 Å². The Labute approximate surface area is 130 Å². The summed E-state index contributed by atoms with van der Waals surface area (Å²) in [4.78, 5) is 19.4. The van der Waals surface area contributed by atoms with Gasteiger partial charge in [-0.05, 0) is 19.4 Å². The summed E-state index contributed by atoms with van der Waals surface area (Å²) in [6.07, 6.45) is 0.252. The van der Waals surface area contributed by atoms with Crippen LogP contribution in [0.2, 0.25) is 0 Å². The molecule has 2 aromatic rings. The molecule has 1 N–H and O–H groups in total. The second-order valence-corrected chi connectivity index (χ2v) is 8.25. The van der Waals surface area contributed by atoms with E-state index in [0.717, 1.165) is 32.2 Å². The number of thioether (sulfide) groups is 1. The fourth-order valence-electron chi connectivity index (χ4n) is 2.91. The highest BCUT2D eigenvalue weighted by molar-refractivity contribution is 7.99. The van der Waals surface area contributed by atoms with E-state index < -0.39 is 6.10 Å². The third-order valence-corrected chi connectivity index (χ3v) is 6.17. The van der Waals surface area contributed by atoms with Crippen molar-refractivity contribution in [2.24, 2.45) is 0 Å². The molecule has 21 heavy (non-hydrogen) atoms. The Morgan fingerprint density at radius 1 is 1.48 bits per heavy atom. The SMILES string of the molecule is CC1(C)Cc2c(sc3nc4n(c(=O)c23)C[C@@H](O)CS4)CO1. The van der Waals surface area contributed by atoms with Gasteiger partial charge in [0.2, 0.25) is 0 Å². The molecule has 2 aliphatic rings. The normalized spacial score (nSPS) is 23.9. The minimum atomic E-state index is -0.478. The number of aliphatic hydroxyl groups is 1. The zero-order chi connectivity index (χ0) is 14.8. The monoisotopic (exact) mass is 324 g/mol. The number of aromatic nitrogens is 2. The Bertz CT molecular complexity index is 794. The van der Waals surface area contributed by atoms with Crippen molar-refractivity contribution in [1.29, 1.82) is 0 Å². The van der Waals surface area contributed by atoms with Crippen molar-refractivity contribution >= 4 is 33.3 Å². The molecule has 0 spiro atoms. The molecule has 0 saturated carbocycles. The molecular weight excluding hydrogens is 308 g/mol. The van der Waals surface area contributed by atoms with E-state index in [-0.39, 0.29) is 11.2 Å². The van der Waals surface area contributed by atoms with Gasteiger partial charge in [0, 0.05) is 17.1 Å². The number of hydrogen-bond donors (Lipinski definition) is 1. The Hall–Kier alpha value is -0.890. The second kappa shape index (κ2) is 4.55. The molecular formula is C14H16N2O3S2. The van der Waals surface area contributed by atoms with Gasteiger partial charge >= 0.3 is 0 Å². The largest absolute Gasteiger partial charge is 0.390 e. The number of fused-ring (bicyclic) bond motifs is 4. The number of nitrogens with zero attached hydrogens (tertiary/aromatic N) is 2. The van der Waals surface area contributed by atoms with Crippen LogP contribution in [0.25, 0.3) is 10.2 Å². The Morgan fingerprint density at radius 2 is 2.29 bits per heavy atom. The van der Waals surface area contributed by atoms with E-state index >= 15 is 0 Å². The molecule has 7 heteroatoms. The van der Waals surface area contributed by atoms with Crippen LogP contribution in [-0.2, 0) is 24.3 Å². The van der Waals surface area contributed by atoms with Gasteiger partial charge in [-0.3, -0.25) is 9.36 Å². The van der Waals surface area contributed by atoms with Gasteiger partial charge in [0.15, 0.2) is 5.16 Å². The highest BCUT2D eigenvalue weighted by Crippen LogP contribution is 2.37. The van der Waals surface area contributed by atoms with Crippen LogP contribution in [0.15, 0.2) is 9.95 Å². The molecule has 0 bridgehead atoms. The third kappa shape index (κ3) is 2.14. The van der Waals surface area contributed by atoms with Gasteiger partial charge in [0.25, 0.3) is 5.56 Å². The standard InChI is InChI=1S/C14H16N2O3S2/c1-14(2)3-8-9(5-19-14)21-11-10(8)12(18)16-4-7(17)6-20-13(16)15-11/h7,17H,3-6H2,1-2H3/t7-/m1/s1. The summed E-state index contributed by atoms with van der Waals surface area (Å²) in [6.45, 7) is 4.98. The van der Waals surface area contributed by atoms with Crippen molar-refractivity contribution in [3.63, 3.8) is 0 Å². The van der Waals surface area contributed by atoms with E-state index in [1.807, 2.05) is 13.8 Å². The number of rotatable bonds is 0. The van der Waals surface area contributed by atoms with E-state index in [0.29, 0.717) is 18.9 Å². The fraction of sp³-hybridized carbons (Fsp3) is 0.571. The molecule has 0 fully saturated rings. The van der Waals surface area contributed by atoms with E-state index in [9.17, 15) is 9.90 Å². The van der Waals surface area contributed by atoms with Crippen molar-refractivity contribution in [1.82, 2.24) is 9.55 Å². The molecule has 0 unspecified atom stereocenters. The van der Waals surface area contributed by atoms with Crippen LogP contribution in [0.5, 0.6) is 0 Å². The van der Waals surface area contributed by atoms with Gasteiger partial charge in [-0.15, -0.1) is 11.3 Å². The first kappa shape index (κ1) is 13.8. The smallest absolute Gasteiger partial charge is 0.263 e.